The summed E-state index contributed by atoms with van der Waals surface area (Å²) in [4.78, 5) is 12.3. The molecule has 2 rings (SSSR count). The zero-order valence-electron chi connectivity index (χ0n) is 14.1. The first-order valence-corrected chi connectivity index (χ1v) is 8.63. The second-order valence-electron chi connectivity index (χ2n) is 6.68. The van der Waals surface area contributed by atoms with Gasteiger partial charge in [-0.3, -0.25) is 4.79 Å². The molecule has 1 aliphatic carbocycles. The summed E-state index contributed by atoms with van der Waals surface area (Å²) < 4.78 is 5.77. The van der Waals surface area contributed by atoms with E-state index in [2.05, 4.69) is 31.3 Å². The van der Waals surface area contributed by atoms with Crippen LogP contribution in [0.3, 0.4) is 0 Å². The number of rotatable bonds is 5. The molecule has 1 aromatic carbocycles. The van der Waals surface area contributed by atoms with E-state index in [9.17, 15) is 4.79 Å². The van der Waals surface area contributed by atoms with Crippen LogP contribution in [0.2, 0.25) is 0 Å². The predicted octanol–water partition coefficient (Wildman–Crippen LogP) is 4.42. The van der Waals surface area contributed by atoms with Crippen LogP contribution < -0.4 is 10.1 Å². The number of carbonyl (C=O) groups is 1. The third kappa shape index (κ3) is 5.04. The first kappa shape index (κ1) is 16.9. The van der Waals surface area contributed by atoms with Gasteiger partial charge in [0, 0.05) is 6.04 Å². The van der Waals surface area contributed by atoms with Gasteiger partial charge in [-0.1, -0.05) is 51.7 Å². The molecule has 0 spiro atoms. The Kier molecular flexibility index (Phi) is 6.29. The highest BCUT2D eigenvalue weighted by atomic mass is 16.5. The second kappa shape index (κ2) is 8.21. The van der Waals surface area contributed by atoms with Gasteiger partial charge in [0.1, 0.15) is 5.75 Å². The molecule has 0 aromatic heterocycles. The Morgan fingerprint density at radius 1 is 1.05 bits per heavy atom. The Morgan fingerprint density at radius 3 is 2.18 bits per heavy atom. The maximum absolute atomic E-state index is 12.3. The molecule has 1 atom stereocenters. The van der Waals surface area contributed by atoms with E-state index in [1.54, 1.807) is 0 Å². The van der Waals surface area contributed by atoms with E-state index >= 15 is 0 Å². The highest BCUT2D eigenvalue weighted by Gasteiger charge is 2.20. The molecule has 3 heteroatoms. The molecule has 22 heavy (non-hydrogen) atoms. The largest absolute Gasteiger partial charge is 0.481 e. The Hall–Kier alpha value is -1.51. The number of hydrogen-bond donors (Lipinski definition) is 1. The number of ether oxygens (including phenoxy) is 1. The summed E-state index contributed by atoms with van der Waals surface area (Å²) in [7, 11) is 0. The van der Waals surface area contributed by atoms with Gasteiger partial charge in [0.05, 0.1) is 0 Å². The van der Waals surface area contributed by atoms with Gasteiger partial charge >= 0.3 is 0 Å². The van der Waals surface area contributed by atoms with Gasteiger partial charge in [0.15, 0.2) is 6.10 Å². The van der Waals surface area contributed by atoms with Gasteiger partial charge < -0.3 is 10.1 Å². The maximum Gasteiger partial charge on any atom is 0.260 e. The summed E-state index contributed by atoms with van der Waals surface area (Å²) in [5.41, 5.74) is 1.28. The minimum atomic E-state index is -0.451. The van der Waals surface area contributed by atoms with E-state index in [0.717, 1.165) is 18.6 Å². The van der Waals surface area contributed by atoms with Crippen LogP contribution in [-0.4, -0.2) is 18.1 Å². The molecule has 0 bridgehead atoms. The molecule has 1 saturated carbocycles. The molecule has 1 amide bonds. The Labute approximate surface area is 134 Å². The molecular weight excluding hydrogens is 274 g/mol. The van der Waals surface area contributed by atoms with Gasteiger partial charge in [-0.25, -0.2) is 0 Å². The van der Waals surface area contributed by atoms with Crippen LogP contribution >= 0.6 is 0 Å². The quantitative estimate of drug-likeness (QED) is 0.818. The number of carbonyl (C=O) groups excluding carboxylic acids is 1. The lowest BCUT2D eigenvalue weighted by molar-refractivity contribution is -0.128. The van der Waals surface area contributed by atoms with Crippen molar-refractivity contribution in [2.75, 3.05) is 0 Å². The summed E-state index contributed by atoms with van der Waals surface area (Å²) in [6.07, 6.45) is 6.77. The van der Waals surface area contributed by atoms with Crippen molar-refractivity contribution in [3.05, 3.63) is 29.8 Å². The monoisotopic (exact) mass is 303 g/mol. The Bertz CT molecular complexity index is 459. The van der Waals surface area contributed by atoms with Crippen molar-refractivity contribution < 1.29 is 9.53 Å². The standard InChI is InChI=1S/C19H29NO2/c1-14(2)16-10-12-18(13-11-16)22-15(3)19(21)20-17-8-6-4-5-7-9-17/h10-15,17H,4-9H2,1-3H3,(H,20,21). The van der Waals surface area contributed by atoms with Crippen molar-refractivity contribution in [2.24, 2.45) is 0 Å². The molecule has 1 aliphatic rings. The Morgan fingerprint density at radius 2 is 1.64 bits per heavy atom. The average molecular weight is 303 g/mol. The summed E-state index contributed by atoms with van der Waals surface area (Å²) in [6, 6.07) is 8.35. The number of hydrogen-bond acceptors (Lipinski definition) is 2. The van der Waals surface area contributed by atoms with E-state index in [1.807, 2.05) is 19.1 Å². The normalized spacial score (nSPS) is 17.8. The average Bonchev–Trinajstić information content (AvgIpc) is 2.76. The van der Waals surface area contributed by atoms with Crippen molar-refractivity contribution in [1.82, 2.24) is 5.32 Å². The molecule has 122 valence electrons. The lowest BCUT2D eigenvalue weighted by Gasteiger charge is -2.20. The molecule has 0 radical (unpaired) electrons. The molecule has 0 aliphatic heterocycles. The summed E-state index contributed by atoms with van der Waals surface area (Å²) in [5.74, 6) is 1.26. The zero-order valence-corrected chi connectivity index (χ0v) is 14.1. The van der Waals surface area contributed by atoms with Gasteiger partial charge in [0.2, 0.25) is 0 Å². The maximum atomic E-state index is 12.3. The lowest BCUT2D eigenvalue weighted by Crippen LogP contribution is -2.42. The minimum Gasteiger partial charge on any atom is -0.481 e. The highest BCUT2D eigenvalue weighted by molar-refractivity contribution is 5.81. The Balaban J connectivity index is 1.84. The molecule has 1 aromatic rings. The van der Waals surface area contributed by atoms with E-state index in [0.29, 0.717) is 12.0 Å². The first-order valence-electron chi connectivity index (χ1n) is 8.63. The minimum absolute atomic E-state index is 0.000152. The summed E-state index contributed by atoms with van der Waals surface area (Å²) >= 11 is 0. The molecule has 0 saturated heterocycles. The van der Waals surface area contributed by atoms with Crippen LogP contribution in [0.1, 0.15) is 70.8 Å². The lowest BCUT2D eigenvalue weighted by atomic mass is 10.0. The molecule has 1 unspecified atom stereocenters. The van der Waals surface area contributed by atoms with Gasteiger partial charge in [-0.2, -0.15) is 0 Å². The fourth-order valence-electron chi connectivity index (χ4n) is 2.93. The SMILES string of the molecule is CC(Oc1ccc(C(C)C)cc1)C(=O)NC1CCCCCC1. The van der Waals surface area contributed by atoms with Crippen LogP contribution in [0.25, 0.3) is 0 Å². The predicted molar refractivity (Wildman–Crippen MR) is 90.3 cm³/mol. The third-order valence-corrected chi connectivity index (χ3v) is 4.43. The number of benzene rings is 1. The third-order valence-electron chi connectivity index (χ3n) is 4.43. The van der Waals surface area contributed by atoms with Crippen LogP contribution in [0, 0.1) is 0 Å². The zero-order chi connectivity index (χ0) is 15.9. The molecule has 3 nitrogen and oxygen atoms in total. The fourth-order valence-corrected chi connectivity index (χ4v) is 2.93. The first-order chi connectivity index (χ1) is 10.6. The van der Waals surface area contributed by atoms with Crippen molar-refractivity contribution >= 4 is 5.91 Å². The van der Waals surface area contributed by atoms with Gasteiger partial charge in [-0.15, -0.1) is 0 Å². The van der Waals surface area contributed by atoms with E-state index in [-0.39, 0.29) is 5.91 Å². The molecule has 0 heterocycles. The van der Waals surface area contributed by atoms with Crippen molar-refractivity contribution in [1.29, 1.82) is 0 Å². The second-order valence-corrected chi connectivity index (χ2v) is 6.68. The molecule has 1 N–H and O–H groups in total. The van der Waals surface area contributed by atoms with Crippen molar-refractivity contribution in [3.63, 3.8) is 0 Å². The van der Waals surface area contributed by atoms with Crippen molar-refractivity contribution in [2.45, 2.75) is 77.4 Å². The summed E-state index contributed by atoms with van der Waals surface area (Å²) in [5, 5.41) is 3.14. The van der Waals surface area contributed by atoms with E-state index in [4.69, 9.17) is 4.74 Å². The summed E-state index contributed by atoms with van der Waals surface area (Å²) in [6.45, 7) is 6.15. The van der Waals surface area contributed by atoms with Crippen LogP contribution in [-0.2, 0) is 4.79 Å². The van der Waals surface area contributed by atoms with Crippen molar-refractivity contribution in [3.8, 4) is 5.75 Å². The topological polar surface area (TPSA) is 38.3 Å². The van der Waals surface area contributed by atoms with E-state index in [1.165, 1.54) is 31.2 Å². The van der Waals surface area contributed by atoms with Crippen LogP contribution in [0.15, 0.2) is 24.3 Å². The van der Waals surface area contributed by atoms with E-state index < -0.39 is 6.10 Å². The number of nitrogens with one attached hydrogen (secondary N) is 1. The highest BCUT2D eigenvalue weighted by Crippen LogP contribution is 2.20. The van der Waals surface area contributed by atoms with Gasteiger partial charge in [0.25, 0.3) is 5.91 Å². The van der Waals surface area contributed by atoms with Crippen LogP contribution in [0.4, 0.5) is 0 Å². The molecular formula is C19H29NO2. The fraction of sp³-hybridized carbons (Fsp3) is 0.632. The van der Waals surface area contributed by atoms with Gasteiger partial charge in [-0.05, 0) is 43.4 Å². The molecule has 1 fully saturated rings. The smallest absolute Gasteiger partial charge is 0.260 e. The van der Waals surface area contributed by atoms with Crippen LogP contribution in [0.5, 0.6) is 5.75 Å². The number of amides is 1.